The molecule has 0 fully saturated rings. The molecule has 2 unspecified atom stereocenters. The molecule has 2 aromatic carbocycles. The molecule has 13 heteroatoms. The van der Waals surface area contributed by atoms with Crippen molar-refractivity contribution in [1.29, 1.82) is 0 Å². The van der Waals surface area contributed by atoms with Crippen LogP contribution in [0.2, 0.25) is 35.1 Å². The third-order valence-corrected chi connectivity index (χ3v) is 17.9. The first kappa shape index (κ1) is 38.6. The molecule has 2 atom stereocenters. The number of aromatic nitrogens is 4. The summed E-state index contributed by atoms with van der Waals surface area (Å²) in [5.41, 5.74) is 3.14. The molecule has 54 heavy (non-hydrogen) atoms. The fourth-order valence-corrected chi connectivity index (χ4v) is 13.3. The number of ether oxygens (including phenoxy) is 2. The van der Waals surface area contributed by atoms with Gasteiger partial charge in [-0.25, -0.2) is 18.4 Å². The van der Waals surface area contributed by atoms with Gasteiger partial charge in [-0.3, -0.25) is 0 Å². The van der Waals surface area contributed by atoms with Crippen LogP contribution in [0, 0.1) is 6.92 Å². The van der Waals surface area contributed by atoms with Gasteiger partial charge in [0.15, 0.2) is 0 Å². The standard InChI is InChI=1S/C41H47ClF2N4O3SSi2/c1-26-24-30(37(42)52-26)33-29-17-13-20-45-39(29)47(25-50-22-23-53(5,6)7)36(33)34-35(38(43)44)46-48-31(19-21-51-40(34)48)28-16-11-12-18-32(28)54(49,41(2,3)4)27-14-9-8-10-15-27/h8-18,20,24,31,38,49H,19,21-23,25H2,1-7H3. The number of hydrogen-bond acceptors (Lipinski definition) is 6. The number of benzene rings is 2. The van der Waals surface area contributed by atoms with Crippen molar-refractivity contribution in [2.24, 2.45) is 0 Å². The number of hydrogen-bond donors (Lipinski definition) is 1. The van der Waals surface area contributed by atoms with Crippen molar-refractivity contribution in [3.63, 3.8) is 0 Å². The Hall–Kier alpha value is -3.66. The highest BCUT2D eigenvalue weighted by molar-refractivity contribution is 7.16. The molecule has 0 amide bonds. The van der Waals surface area contributed by atoms with Gasteiger partial charge in [-0.05, 0) is 52.1 Å². The smallest absolute Gasteiger partial charge is 0.282 e. The van der Waals surface area contributed by atoms with Crippen LogP contribution >= 0.6 is 22.9 Å². The summed E-state index contributed by atoms with van der Waals surface area (Å²) in [6.07, 6.45) is -0.751. The minimum atomic E-state index is -3.44. The van der Waals surface area contributed by atoms with Crippen LogP contribution in [-0.2, 0) is 11.5 Å². The maximum absolute atomic E-state index is 15.6. The minimum Gasteiger partial charge on any atom is -0.477 e. The van der Waals surface area contributed by atoms with Gasteiger partial charge in [0, 0.05) is 48.7 Å². The Morgan fingerprint density at radius 1 is 1.04 bits per heavy atom. The molecule has 0 radical (unpaired) electrons. The lowest BCUT2D eigenvalue weighted by Crippen LogP contribution is -2.65. The molecular weight excluding hydrogens is 758 g/mol. The predicted molar refractivity (Wildman–Crippen MR) is 221 cm³/mol. The quantitative estimate of drug-likeness (QED) is 0.104. The van der Waals surface area contributed by atoms with E-state index >= 15 is 8.78 Å². The molecule has 5 heterocycles. The van der Waals surface area contributed by atoms with E-state index in [1.54, 1.807) is 10.9 Å². The second-order valence-corrected chi connectivity index (χ2v) is 27.8. The molecule has 6 aromatic rings. The van der Waals surface area contributed by atoms with E-state index in [-0.39, 0.29) is 24.8 Å². The van der Waals surface area contributed by atoms with Gasteiger partial charge >= 0.3 is 0 Å². The van der Waals surface area contributed by atoms with Crippen LogP contribution in [-0.4, -0.2) is 53.7 Å². The van der Waals surface area contributed by atoms with Crippen molar-refractivity contribution in [3.05, 3.63) is 99.5 Å². The topological polar surface area (TPSA) is 74.3 Å². The van der Waals surface area contributed by atoms with E-state index in [2.05, 4.69) is 40.4 Å². The van der Waals surface area contributed by atoms with E-state index in [0.29, 0.717) is 34.3 Å². The first-order valence-electron chi connectivity index (χ1n) is 18.3. The zero-order valence-electron chi connectivity index (χ0n) is 31.8. The molecule has 1 N–H and O–H groups in total. The molecule has 0 spiro atoms. The van der Waals surface area contributed by atoms with Gasteiger partial charge in [-0.2, -0.15) is 5.10 Å². The Balaban J connectivity index is 1.48. The number of rotatable bonds is 11. The van der Waals surface area contributed by atoms with Crippen molar-refractivity contribution >= 4 is 60.7 Å². The van der Waals surface area contributed by atoms with Crippen molar-refractivity contribution in [3.8, 4) is 28.3 Å². The van der Waals surface area contributed by atoms with Crippen molar-refractivity contribution in [1.82, 2.24) is 19.3 Å². The van der Waals surface area contributed by atoms with E-state index in [1.807, 2.05) is 84.3 Å². The van der Waals surface area contributed by atoms with Crippen molar-refractivity contribution < 1.29 is 23.1 Å². The zero-order valence-corrected chi connectivity index (χ0v) is 35.4. The summed E-state index contributed by atoms with van der Waals surface area (Å²) in [5.74, 6) is 0.243. The summed E-state index contributed by atoms with van der Waals surface area (Å²) in [4.78, 5) is 18.7. The van der Waals surface area contributed by atoms with Gasteiger partial charge in [0.05, 0.1) is 23.9 Å². The van der Waals surface area contributed by atoms with E-state index in [1.165, 1.54) is 11.3 Å². The number of alkyl halides is 2. The van der Waals surface area contributed by atoms with E-state index in [0.717, 1.165) is 37.8 Å². The van der Waals surface area contributed by atoms with Crippen molar-refractivity contribution in [2.75, 3.05) is 13.2 Å². The third kappa shape index (κ3) is 6.90. The summed E-state index contributed by atoms with van der Waals surface area (Å²) < 4.78 is 48.0. The Morgan fingerprint density at radius 2 is 1.76 bits per heavy atom. The lowest BCUT2D eigenvalue weighted by atomic mass is 9.99. The van der Waals surface area contributed by atoms with Crippen LogP contribution in [0.1, 0.15) is 55.8 Å². The highest BCUT2D eigenvalue weighted by Crippen LogP contribution is 2.51. The lowest BCUT2D eigenvalue weighted by Gasteiger charge is -2.41. The van der Waals surface area contributed by atoms with Crippen LogP contribution in [0.25, 0.3) is 33.4 Å². The van der Waals surface area contributed by atoms with Crippen LogP contribution in [0.15, 0.2) is 79.0 Å². The lowest BCUT2D eigenvalue weighted by molar-refractivity contribution is 0.0908. The maximum atomic E-state index is 15.6. The van der Waals surface area contributed by atoms with Crippen LogP contribution < -0.4 is 15.1 Å². The average Bonchev–Trinajstić information content (AvgIpc) is 3.78. The monoisotopic (exact) mass is 804 g/mol. The second kappa shape index (κ2) is 14.8. The molecule has 0 bridgehead atoms. The number of thiophene rings is 1. The third-order valence-electron chi connectivity index (χ3n) is 10.4. The molecule has 284 valence electrons. The summed E-state index contributed by atoms with van der Waals surface area (Å²) >= 11 is 8.38. The highest BCUT2D eigenvalue weighted by Gasteiger charge is 2.49. The van der Waals surface area contributed by atoms with Crippen LogP contribution in [0.4, 0.5) is 8.78 Å². The van der Waals surface area contributed by atoms with Gasteiger partial charge in [0.2, 0.25) is 5.88 Å². The number of fused-ring (bicyclic) bond motifs is 2. The Labute approximate surface area is 326 Å². The molecule has 7 rings (SSSR count). The summed E-state index contributed by atoms with van der Waals surface area (Å²) in [5, 5.41) is 6.69. The largest absolute Gasteiger partial charge is 0.477 e. The summed E-state index contributed by atoms with van der Waals surface area (Å²) in [6.45, 7) is 15.9. The molecule has 1 aliphatic rings. The molecule has 0 saturated heterocycles. The van der Waals surface area contributed by atoms with Gasteiger partial charge < -0.3 is 18.8 Å². The predicted octanol–water partition coefficient (Wildman–Crippen LogP) is 10.1. The van der Waals surface area contributed by atoms with E-state index in [4.69, 9.17) is 31.2 Å². The Kier molecular flexibility index (Phi) is 10.6. The summed E-state index contributed by atoms with van der Waals surface area (Å²) in [6, 6.07) is 23.9. The molecule has 7 nitrogen and oxygen atoms in total. The number of aryl methyl sites for hydroxylation is 1. The SMILES string of the molecule is Cc1cc(-c2c(-c3c(C(F)F)nn4c3OCCC4c3ccccc3[Si](O)(c3ccccc3)C(C)(C)C)n(COCC[Si](C)(C)C)c3ncccc23)c(Cl)s1. The van der Waals surface area contributed by atoms with Gasteiger partial charge in [0.1, 0.15) is 22.4 Å². The molecule has 1 aliphatic heterocycles. The molecular formula is C41H47ClF2N4O3SSi2. The molecule has 4 aromatic heterocycles. The first-order valence-corrected chi connectivity index (χ1v) is 25.2. The zero-order chi connectivity index (χ0) is 38.6. The van der Waals surface area contributed by atoms with Gasteiger partial charge in [-0.15, -0.1) is 11.3 Å². The fraction of sp³-hybridized carbons (Fsp3) is 0.366. The van der Waals surface area contributed by atoms with Gasteiger partial charge in [0.25, 0.3) is 14.7 Å². The molecule has 0 saturated carbocycles. The molecule has 0 aliphatic carbocycles. The van der Waals surface area contributed by atoms with E-state index < -0.39 is 39.6 Å². The Morgan fingerprint density at radius 3 is 2.43 bits per heavy atom. The maximum Gasteiger partial charge on any atom is 0.282 e. The second-order valence-electron chi connectivity index (χ2n) is 16.3. The fourth-order valence-electron chi connectivity index (χ4n) is 7.65. The van der Waals surface area contributed by atoms with Crippen LogP contribution in [0.3, 0.4) is 0 Å². The minimum absolute atomic E-state index is 0.0922. The number of pyridine rings is 1. The van der Waals surface area contributed by atoms with Crippen LogP contribution in [0.5, 0.6) is 5.88 Å². The number of nitrogens with zero attached hydrogens (tertiary/aromatic N) is 4. The van der Waals surface area contributed by atoms with E-state index in [9.17, 15) is 4.80 Å². The number of halogens is 3. The first-order chi connectivity index (χ1) is 25.6. The average molecular weight is 806 g/mol. The highest BCUT2D eigenvalue weighted by atomic mass is 35.5. The van der Waals surface area contributed by atoms with Gasteiger partial charge in [-0.1, -0.05) is 107 Å². The summed E-state index contributed by atoms with van der Waals surface area (Å²) in [7, 11) is -4.85. The normalized spacial score (nSPS) is 16.1. The Bertz CT molecular complexity index is 2300. The van der Waals surface area contributed by atoms with Crippen molar-refractivity contribution in [2.45, 2.75) is 84.0 Å².